The molecular formula is C31H28Cl4N4O7. The third-order valence-corrected chi connectivity index (χ3v) is 7.68. The Balaban J connectivity index is 1.41. The molecule has 0 bridgehead atoms. The third kappa shape index (κ3) is 8.76. The van der Waals surface area contributed by atoms with Crippen molar-refractivity contribution >= 4 is 70.5 Å². The van der Waals surface area contributed by atoms with Crippen LogP contribution < -0.4 is 30.3 Å². The minimum absolute atomic E-state index is 0.129. The van der Waals surface area contributed by atoms with Gasteiger partial charge in [0, 0.05) is 16.3 Å². The number of urea groups is 1. The van der Waals surface area contributed by atoms with Gasteiger partial charge in [0.25, 0.3) is 5.91 Å². The van der Waals surface area contributed by atoms with Crippen molar-refractivity contribution in [3.63, 3.8) is 0 Å². The lowest BCUT2D eigenvalue weighted by Gasteiger charge is -2.28. The minimum Gasteiger partial charge on any atom is -0.493 e. The van der Waals surface area contributed by atoms with Gasteiger partial charge in [-0.25, -0.2) is 15.0 Å². The summed E-state index contributed by atoms with van der Waals surface area (Å²) in [5.41, 5.74) is 4.69. The molecular weight excluding hydrogens is 682 g/mol. The average molecular weight is 710 g/mol. The van der Waals surface area contributed by atoms with E-state index in [1.165, 1.54) is 19.4 Å². The van der Waals surface area contributed by atoms with Crippen LogP contribution in [-0.2, 0) is 20.9 Å². The summed E-state index contributed by atoms with van der Waals surface area (Å²) in [5, 5.41) is 10.7. The Labute approximate surface area is 284 Å². The lowest BCUT2D eigenvalue weighted by molar-refractivity contribution is -0.139. The Morgan fingerprint density at radius 2 is 1.76 bits per heavy atom. The Bertz CT molecular complexity index is 1710. The van der Waals surface area contributed by atoms with Crippen LogP contribution in [0.4, 0.5) is 4.79 Å². The second-order valence-corrected chi connectivity index (χ2v) is 11.3. The molecule has 15 heteroatoms. The fourth-order valence-electron chi connectivity index (χ4n) is 4.37. The molecule has 3 aromatic rings. The molecule has 1 aliphatic rings. The summed E-state index contributed by atoms with van der Waals surface area (Å²) < 4.78 is 22.2. The Hall–Kier alpha value is -4.16. The van der Waals surface area contributed by atoms with Gasteiger partial charge < -0.3 is 29.6 Å². The van der Waals surface area contributed by atoms with Crippen molar-refractivity contribution in [2.24, 2.45) is 5.10 Å². The number of esters is 1. The number of rotatable bonds is 12. The number of amides is 3. The normalized spacial score (nSPS) is 14.4. The fourth-order valence-corrected chi connectivity index (χ4v) is 5.25. The maximum atomic E-state index is 12.6. The summed E-state index contributed by atoms with van der Waals surface area (Å²) in [5.74, 6) is -0.359. The number of carbonyl (C=O) groups excluding carboxylic acids is 3. The second kappa shape index (κ2) is 15.9. The van der Waals surface area contributed by atoms with Crippen LogP contribution in [-0.4, -0.2) is 44.4 Å². The number of hydrogen-bond acceptors (Lipinski definition) is 8. The van der Waals surface area contributed by atoms with E-state index in [-0.39, 0.29) is 41.1 Å². The van der Waals surface area contributed by atoms with Crippen LogP contribution in [0.3, 0.4) is 0 Å². The van der Waals surface area contributed by atoms with E-state index in [9.17, 15) is 14.4 Å². The van der Waals surface area contributed by atoms with Gasteiger partial charge in [0.15, 0.2) is 18.1 Å². The zero-order valence-corrected chi connectivity index (χ0v) is 27.7. The van der Waals surface area contributed by atoms with E-state index in [2.05, 4.69) is 21.2 Å². The van der Waals surface area contributed by atoms with Crippen LogP contribution in [0, 0.1) is 0 Å². The summed E-state index contributed by atoms with van der Waals surface area (Å²) in [6.45, 7) is 3.18. The Morgan fingerprint density at radius 1 is 0.978 bits per heavy atom. The molecule has 1 aliphatic heterocycles. The number of benzene rings is 3. The number of methoxy groups -OCH3 is 1. The number of carbonyl (C=O) groups is 3. The van der Waals surface area contributed by atoms with E-state index in [1.807, 2.05) is 0 Å². The van der Waals surface area contributed by atoms with Gasteiger partial charge in [-0.05, 0) is 61.4 Å². The van der Waals surface area contributed by atoms with E-state index in [1.54, 1.807) is 56.3 Å². The van der Waals surface area contributed by atoms with Crippen molar-refractivity contribution in [1.82, 2.24) is 16.1 Å². The number of nitrogens with one attached hydrogen (secondary N) is 3. The van der Waals surface area contributed by atoms with Crippen LogP contribution in [0.15, 0.2) is 64.9 Å². The van der Waals surface area contributed by atoms with Crippen LogP contribution in [0.25, 0.3) is 0 Å². The quantitative estimate of drug-likeness (QED) is 0.109. The summed E-state index contributed by atoms with van der Waals surface area (Å²) in [4.78, 5) is 37.4. The molecule has 0 saturated heterocycles. The monoisotopic (exact) mass is 708 g/mol. The van der Waals surface area contributed by atoms with E-state index < -0.39 is 30.6 Å². The molecule has 0 aromatic heterocycles. The first kappa shape index (κ1) is 34.7. The van der Waals surface area contributed by atoms with Gasteiger partial charge in [0.1, 0.15) is 12.4 Å². The van der Waals surface area contributed by atoms with E-state index in [0.29, 0.717) is 31.9 Å². The molecule has 0 saturated carbocycles. The largest absolute Gasteiger partial charge is 0.493 e. The third-order valence-electron chi connectivity index (χ3n) is 6.44. The van der Waals surface area contributed by atoms with Crippen molar-refractivity contribution in [2.75, 3.05) is 20.3 Å². The predicted molar refractivity (Wildman–Crippen MR) is 175 cm³/mol. The van der Waals surface area contributed by atoms with Crippen molar-refractivity contribution in [2.45, 2.75) is 26.5 Å². The topological polar surface area (TPSA) is 137 Å². The number of halogens is 4. The highest BCUT2D eigenvalue weighted by molar-refractivity contribution is 6.42. The van der Waals surface area contributed by atoms with Gasteiger partial charge in [-0.15, -0.1) is 0 Å². The molecule has 0 aliphatic carbocycles. The van der Waals surface area contributed by atoms with Crippen molar-refractivity contribution in [3.05, 3.63) is 96.6 Å². The van der Waals surface area contributed by atoms with Gasteiger partial charge in [-0.1, -0.05) is 58.5 Å². The summed E-state index contributed by atoms with van der Waals surface area (Å²) >= 11 is 24.6. The molecule has 1 heterocycles. The first-order chi connectivity index (χ1) is 22.0. The number of allylic oxidation sites excluding steroid dienone is 1. The predicted octanol–water partition coefficient (Wildman–Crippen LogP) is 6.61. The zero-order chi connectivity index (χ0) is 33.4. The highest BCUT2D eigenvalue weighted by Crippen LogP contribution is 2.35. The lowest BCUT2D eigenvalue weighted by atomic mass is 9.95. The Morgan fingerprint density at radius 3 is 2.48 bits per heavy atom. The first-order valence-corrected chi connectivity index (χ1v) is 15.2. The molecule has 0 unspecified atom stereocenters. The number of ether oxygens (including phenoxy) is 4. The molecule has 242 valence electrons. The lowest BCUT2D eigenvalue weighted by Crippen LogP contribution is -2.45. The van der Waals surface area contributed by atoms with Gasteiger partial charge in [-0.2, -0.15) is 5.10 Å². The molecule has 3 N–H and O–H groups in total. The SMILES string of the molecule is CCOC(=O)C1=C(C)NC(=O)N[C@H]1c1ccc(OCC(=O)N/N=C/c2cc(Cl)cc(Cl)c2OCc2ccc(Cl)c(Cl)c2)c(OC)c1. The van der Waals surface area contributed by atoms with Crippen LogP contribution in [0.5, 0.6) is 17.2 Å². The highest BCUT2D eigenvalue weighted by atomic mass is 35.5. The number of nitrogens with zero attached hydrogens (tertiary/aromatic N) is 1. The second-order valence-electron chi connectivity index (χ2n) is 9.63. The van der Waals surface area contributed by atoms with Gasteiger partial charge in [0.05, 0.1) is 46.6 Å². The molecule has 0 radical (unpaired) electrons. The standard InChI is InChI=1S/C31H28Cl4N4O7/c1-4-44-30(41)27-16(2)37-31(42)38-28(27)18-6-8-24(25(11-18)43-3)45-15-26(40)39-36-13-19-10-20(32)12-23(35)29(19)46-14-17-5-7-21(33)22(34)9-17/h5-13,28H,4,14-15H2,1-3H3,(H,39,40)(H2,37,38,42)/b36-13+/t28-/m0/s1. The van der Waals surface area contributed by atoms with Crippen molar-refractivity contribution in [1.29, 1.82) is 0 Å². The molecule has 4 rings (SSSR count). The van der Waals surface area contributed by atoms with Crippen LogP contribution in [0.1, 0.15) is 36.6 Å². The zero-order valence-electron chi connectivity index (χ0n) is 24.7. The number of hydrazone groups is 1. The molecule has 1 atom stereocenters. The minimum atomic E-state index is -0.800. The maximum Gasteiger partial charge on any atom is 0.338 e. The van der Waals surface area contributed by atoms with E-state index >= 15 is 0 Å². The molecule has 0 spiro atoms. The maximum absolute atomic E-state index is 12.6. The number of hydrogen-bond donors (Lipinski definition) is 3. The van der Waals surface area contributed by atoms with Crippen molar-refractivity contribution < 1.29 is 33.3 Å². The first-order valence-electron chi connectivity index (χ1n) is 13.6. The highest BCUT2D eigenvalue weighted by Gasteiger charge is 2.32. The summed E-state index contributed by atoms with van der Waals surface area (Å²) in [6, 6.07) is 11.7. The van der Waals surface area contributed by atoms with Gasteiger partial charge in [-0.3, -0.25) is 4.79 Å². The van der Waals surface area contributed by atoms with Crippen molar-refractivity contribution in [3.8, 4) is 17.2 Å². The summed E-state index contributed by atoms with van der Waals surface area (Å²) in [6.07, 6.45) is 1.33. The van der Waals surface area contributed by atoms with E-state index in [4.69, 9.17) is 65.4 Å². The fraction of sp³-hybridized carbons (Fsp3) is 0.226. The molecule has 11 nitrogen and oxygen atoms in total. The molecule has 0 fully saturated rings. The summed E-state index contributed by atoms with van der Waals surface area (Å²) in [7, 11) is 1.42. The van der Waals surface area contributed by atoms with E-state index in [0.717, 1.165) is 5.56 Å². The van der Waals surface area contributed by atoms with Gasteiger partial charge in [0.2, 0.25) is 0 Å². The van der Waals surface area contributed by atoms with Crippen LogP contribution >= 0.6 is 46.4 Å². The molecule has 3 amide bonds. The molecule has 46 heavy (non-hydrogen) atoms. The average Bonchev–Trinajstić information content (AvgIpc) is 3.00. The van der Waals surface area contributed by atoms with Crippen LogP contribution in [0.2, 0.25) is 20.1 Å². The Kier molecular flexibility index (Phi) is 12.0. The van der Waals surface area contributed by atoms with Gasteiger partial charge >= 0.3 is 12.0 Å². The smallest absolute Gasteiger partial charge is 0.338 e. The molecule has 3 aromatic carbocycles.